The van der Waals surface area contributed by atoms with E-state index in [4.69, 9.17) is 17.3 Å². The van der Waals surface area contributed by atoms with Crippen molar-refractivity contribution in [3.05, 3.63) is 63.9 Å². The maximum absolute atomic E-state index is 6.29. The molecule has 0 aliphatic carbocycles. The lowest BCUT2D eigenvalue weighted by molar-refractivity contribution is 0.685. The van der Waals surface area contributed by atoms with Gasteiger partial charge in [0, 0.05) is 11.2 Å². The van der Waals surface area contributed by atoms with E-state index < -0.39 is 0 Å². The fraction of sp³-hybridized carbons (Fsp3) is 0.312. The van der Waals surface area contributed by atoms with Crippen LogP contribution >= 0.6 is 11.6 Å². The van der Waals surface area contributed by atoms with Gasteiger partial charge in [-0.25, -0.2) is 0 Å². The fourth-order valence-corrected chi connectivity index (χ4v) is 2.55. The minimum atomic E-state index is -0.114. The Morgan fingerprint density at radius 2 is 2.05 bits per heavy atom. The molecule has 100 valence electrons. The number of benzene rings is 1. The second-order valence-corrected chi connectivity index (χ2v) is 5.21. The summed E-state index contributed by atoms with van der Waals surface area (Å²) in [4.78, 5) is 4.42. The van der Waals surface area contributed by atoms with Crippen molar-refractivity contribution >= 4 is 11.6 Å². The van der Waals surface area contributed by atoms with E-state index in [2.05, 4.69) is 24.0 Å². The predicted molar refractivity (Wildman–Crippen MR) is 80.4 cm³/mol. The molecular weight excluding hydrogens is 256 g/mol. The summed E-state index contributed by atoms with van der Waals surface area (Å²) >= 11 is 6.26. The van der Waals surface area contributed by atoms with Crippen LogP contribution in [0.3, 0.4) is 0 Å². The van der Waals surface area contributed by atoms with Gasteiger partial charge in [0.2, 0.25) is 0 Å². The Bertz CT molecular complexity index is 566. The molecule has 2 rings (SSSR count). The molecule has 1 heterocycles. The molecule has 0 aliphatic rings. The fourth-order valence-electron chi connectivity index (χ4n) is 2.24. The molecule has 2 aromatic rings. The number of rotatable bonds is 4. The van der Waals surface area contributed by atoms with Gasteiger partial charge in [-0.15, -0.1) is 0 Å². The maximum Gasteiger partial charge on any atom is 0.0606 e. The largest absolute Gasteiger partial charge is 0.322 e. The van der Waals surface area contributed by atoms with Crippen molar-refractivity contribution in [1.29, 1.82) is 0 Å². The monoisotopic (exact) mass is 274 g/mol. The van der Waals surface area contributed by atoms with Crippen LogP contribution in [0.5, 0.6) is 0 Å². The highest BCUT2D eigenvalue weighted by atomic mass is 35.5. The maximum atomic E-state index is 6.29. The third-order valence-electron chi connectivity index (χ3n) is 3.31. The highest BCUT2D eigenvalue weighted by molar-refractivity contribution is 6.31. The zero-order chi connectivity index (χ0) is 13.8. The van der Waals surface area contributed by atoms with Gasteiger partial charge in [-0.3, -0.25) is 4.98 Å². The van der Waals surface area contributed by atoms with Crippen LogP contribution in [-0.4, -0.2) is 4.98 Å². The van der Waals surface area contributed by atoms with Gasteiger partial charge in [-0.1, -0.05) is 36.7 Å². The van der Waals surface area contributed by atoms with Crippen molar-refractivity contribution in [1.82, 2.24) is 4.98 Å². The summed E-state index contributed by atoms with van der Waals surface area (Å²) in [6.07, 6.45) is 3.45. The molecular formula is C16H19ClN2. The van der Waals surface area contributed by atoms with Gasteiger partial charge >= 0.3 is 0 Å². The zero-order valence-electron chi connectivity index (χ0n) is 11.4. The summed E-state index contributed by atoms with van der Waals surface area (Å²) in [5.74, 6) is 0. The van der Waals surface area contributed by atoms with Crippen molar-refractivity contribution < 1.29 is 0 Å². The number of aromatic nitrogens is 1. The van der Waals surface area contributed by atoms with Crippen LogP contribution in [0.4, 0.5) is 0 Å². The van der Waals surface area contributed by atoms with Gasteiger partial charge in [0.15, 0.2) is 0 Å². The second-order valence-electron chi connectivity index (χ2n) is 4.81. The molecule has 0 fully saturated rings. The topological polar surface area (TPSA) is 38.9 Å². The number of hydrogen-bond acceptors (Lipinski definition) is 2. The van der Waals surface area contributed by atoms with E-state index >= 15 is 0 Å². The van der Waals surface area contributed by atoms with E-state index in [0.29, 0.717) is 6.42 Å². The molecule has 0 amide bonds. The normalized spacial score (nSPS) is 12.4. The van der Waals surface area contributed by atoms with Gasteiger partial charge in [-0.2, -0.15) is 0 Å². The van der Waals surface area contributed by atoms with Crippen LogP contribution in [-0.2, 0) is 12.8 Å². The summed E-state index contributed by atoms with van der Waals surface area (Å²) in [7, 11) is 0. The molecule has 1 atom stereocenters. The number of nitrogens with two attached hydrogens (primary N) is 1. The second kappa shape index (κ2) is 6.18. The van der Waals surface area contributed by atoms with Gasteiger partial charge in [0.25, 0.3) is 0 Å². The molecule has 1 unspecified atom stereocenters. The SMILES string of the molecule is CCc1cccnc1C(N)Cc1ccc(C)cc1Cl. The van der Waals surface area contributed by atoms with Crippen molar-refractivity contribution in [3.8, 4) is 0 Å². The van der Waals surface area contributed by atoms with Crippen LogP contribution in [0, 0.1) is 6.92 Å². The average Bonchev–Trinajstić information content (AvgIpc) is 2.41. The van der Waals surface area contributed by atoms with Crippen molar-refractivity contribution in [2.24, 2.45) is 5.73 Å². The first-order valence-corrected chi connectivity index (χ1v) is 6.94. The average molecular weight is 275 g/mol. The Morgan fingerprint density at radius 3 is 2.74 bits per heavy atom. The van der Waals surface area contributed by atoms with E-state index in [9.17, 15) is 0 Å². The van der Waals surface area contributed by atoms with E-state index in [0.717, 1.165) is 28.3 Å². The van der Waals surface area contributed by atoms with Crippen LogP contribution in [0.15, 0.2) is 36.5 Å². The Labute approximate surface area is 119 Å². The van der Waals surface area contributed by atoms with Crippen LogP contribution in [0.2, 0.25) is 5.02 Å². The molecule has 3 heteroatoms. The highest BCUT2D eigenvalue weighted by Gasteiger charge is 2.13. The number of aryl methyl sites for hydroxylation is 2. The van der Waals surface area contributed by atoms with Gasteiger partial charge < -0.3 is 5.73 Å². The summed E-state index contributed by atoms with van der Waals surface area (Å²) < 4.78 is 0. The van der Waals surface area contributed by atoms with Crippen molar-refractivity contribution in [2.45, 2.75) is 32.7 Å². The first-order valence-electron chi connectivity index (χ1n) is 6.56. The lowest BCUT2D eigenvalue weighted by atomic mass is 9.98. The van der Waals surface area contributed by atoms with E-state index in [1.54, 1.807) is 6.20 Å². The van der Waals surface area contributed by atoms with E-state index in [1.165, 1.54) is 5.56 Å². The Kier molecular flexibility index (Phi) is 4.56. The minimum absolute atomic E-state index is 0.114. The summed E-state index contributed by atoms with van der Waals surface area (Å²) in [6, 6.07) is 10.0. The van der Waals surface area contributed by atoms with Crippen LogP contribution in [0.25, 0.3) is 0 Å². The number of hydrogen-bond donors (Lipinski definition) is 1. The third-order valence-corrected chi connectivity index (χ3v) is 3.66. The zero-order valence-corrected chi connectivity index (χ0v) is 12.1. The molecule has 2 nitrogen and oxygen atoms in total. The Hall–Kier alpha value is -1.38. The Morgan fingerprint density at radius 1 is 1.26 bits per heavy atom. The molecule has 0 spiro atoms. The predicted octanol–water partition coefficient (Wildman–Crippen LogP) is 3.85. The molecule has 1 aromatic heterocycles. The number of halogens is 1. The molecule has 0 saturated heterocycles. The summed E-state index contributed by atoms with van der Waals surface area (Å²) in [5.41, 5.74) is 10.7. The summed E-state index contributed by atoms with van der Waals surface area (Å²) in [6.45, 7) is 4.15. The van der Waals surface area contributed by atoms with Crippen LogP contribution < -0.4 is 5.73 Å². The molecule has 0 aliphatic heterocycles. The van der Waals surface area contributed by atoms with E-state index in [-0.39, 0.29) is 6.04 Å². The van der Waals surface area contributed by atoms with Gasteiger partial charge in [-0.05, 0) is 48.6 Å². The molecule has 0 radical (unpaired) electrons. The van der Waals surface area contributed by atoms with Crippen molar-refractivity contribution in [3.63, 3.8) is 0 Å². The minimum Gasteiger partial charge on any atom is -0.322 e. The van der Waals surface area contributed by atoms with Crippen LogP contribution in [0.1, 0.15) is 35.3 Å². The standard InChI is InChI=1S/C16H19ClN2/c1-3-12-5-4-8-19-16(12)15(18)10-13-7-6-11(2)9-14(13)17/h4-9,15H,3,10,18H2,1-2H3. The Balaban J connectivity index is 2.23. The first-order chi connectivity index (χ1) is 9.11. The van der Waals surface area contributed by atoms with E-state index in [1.807, 2.05) is 25.1 Å². The first kappa shape index (κ1) is 14.0. The van der Waals surface area contributed by atoms with Gasteiger partial charge in [0.05, 0.1) is 11.7 Å². The highest BCUT2D eigenvalue weighted by Crippen LogP contribution is 2.24. The molecule has 19 heavy (non-hydrogen) atoms. The molecule has 1 aromatic carbocycles. The number of pyridine rings is 1. The molecule has 0 bridgehead atoms. The molecule has 0 saturated carbocycles. The lowest BCUT2D eigenvalue weighted by Gasteiger charge is -2.15. The lowest BCUT2D eigenvalue weighted by Crippen LogP contribution is -2.17. The third kappa shape index (κ3) is 3.34. The summed E-state index contributed by atoms with van der Waals surface area (Å²) in [5, 5.41) is 0.782. The smallest absolute Gasteiger partial charge is 0.0606 e. The quantitative estimate of drug-likeness (QED) is 0.920. The molecule has 2 N–H and O–H groups in total. The van der Waals surface area contributed by atoms with Gasteiger partial charge in [0.1, 0.15) is 0 Å². The van der Waals surface area contributed by atoms with Crippen molar-refractivity contribution in [2.75, 3.05) is 0 Å². The number of nitrogens with zero attached hydrogens (tertiary/aromatic N) is 1.